The van der Waals surface area contributed by atoms with Gasteiger partial charge in [0.1, 0.15) is 0 Å². The molecule has 0 aliphatic carbocycles. The van der Waals surface area contributed by atoms with Crippen LogP contribution in [0.15, 0.2) is 29.2 Å². The van der Waals surface area contributed by atoms with Gasteiger partial charge in [0, 0.05) is 11.1 Å². The maximum Gasteiger partial charge on any atom is 0.0819 e. The van der Waals surface area contributed by atoms with Gasteiger partial charge in [-0.15, -0.1) is 11.8 Å². The first-order chi connectivity index (χ1) is 6.97. The molecule has 0 aromatic heterocycles. The van der Waals surface area contributed by atoms with Crippen LogP contribution in [0.2, 0.25) is 0 Å². The number of hydrogen-bond donors (Lipinski definition) is 0. The van der Waals surface area contributed by atoms with Gasteiger partial charge in [0.2, 0.25) is 0 Å². The van der Waals surface area contributed by atoms with E-state index in [-0.39, 0.29) is 0 Å². The summed E-state index contributed by atoms with van der Waals surface area (Å²) in [4.78, 5) is 1.31. The predicted molar refractivity (Wildman–Crippen MR) is 70.8 cm³/mol. The van der Waals surface area contributed by atoms with E-state index in [4.69, 9.17) is 0 Å². The molecule has 0 spiro atoms. The lowest BCUT2D eigenvalue weighted by atomic mass is 10.2. The van der Waals surface area contributed by atoms with Crippen LogP contribution in [0.1, 0.15) is 12.0 Å². The summed E-state index contributed by atoms with van der Waals surface area (Å²) in [5.74, 6) is 1.06. The van der Waals surface area contributed by atoms with Crippen molar-refractivity contribution in [3.05, 3.63) is 29.8 Å². The van der Waals surface area contributed by atoms with Gasteiger partial charge in [-0.05, 0) is 44.6 Å². The van der Waals surface area contributed by atoms with Crippen LogP contribution in [0.3, 0.4) is 0 Å². The van der Waals surface area contributed by atoms with Crippen molar-refractivity contribution < 1.29 is 4.57 Å². The molecule has 0 aliphatic rings. The minimum absolute atomic E-state index is 0.867. The topological polar surface area (TPSA) is 17.1 Å². The number of hydrogen-bond acceptors (Lipinski definition) is 2. The molecule has 0 radical (unpaired) electrons. The zero-order valence-corrected chi connectivity index (χ0v) is 11.4. The van der Waals surface area contributed by atoms with Crippen molar-refractivity contribution in [2.24, 2.45) is 0 Å². The van der Waals surface area contributed by atoms with E-state index in [1.807, 2.05) is 25.1 Å². The van der Waals surface area contributed by atoms with Gasteiger partial charge in [0.15, 0.2) is 0 Å². The summed E-state index contributed by atoms with van der Waals surface area (Å²) >= 11 is 1.85. The molecule has 84 valence electrons. The zero-order valence-electron chi connectivity index (χ0n) is 9.69. The van der Waals surface area contributed by atoms with E-state index in [9.17, 15) is 4.57 Å². The molecule has 0 heterocycles. The lowest BCUT2D eigenvalue weighted by Gasteiger charge is -2.05. The lowest BCUT2D eigenvalue weighted by molar-refractivity contribution is 0.581. The van der Waals surface area contributed by atoms with Crippen LogP contribution in [-0.2, 0) is 4.57 Å². The second kappa shape index (κ2) is 5.77. The Labute approximate surface area is 97.0 Å². The van der Waals surface area contributed by atoms with Crippen molar-refractivity contribution in [3.8, 4) is 0 Å². The largest absolute Gasteiger partial charge is 0.324 e. The summed E-state index contributed by atoms with van der Waals surface area (Å²) in [6.07, 6.45) is 1.91. The monoisotopic (exact) mass is 242 g/mol. The standard InChI is InChI=1S/C12H19OPS/c1-11-5-7-12(8-6-11)15-10-4-9-14(2,3)13/h5-8H,4,9-10H2,1-3H3. The number of benzene rings is 1. The van der Waals surface area contributed by atoms with E-state index in [2.05, 4.69) is 31.2 Å². The second-order valence-corrected chi connectivity index (χ2v) is 9.08. The van der Waals surface area contributed by atoms with Crippen molar-refractivity contribution >= 4 is 18.9 Å². The zero-order chi connectivity index (χ0) is 11.3. The third kappa shape index (κ3) is 6.06. The third-order valence-corrected chi connectivity index (χ3v) is 4.62. The fraction of sp³-hybridized carbons (Fsp3) is 0.500. The molecular formula is C12H19OPS. The minimum Gasteiger partial charge on any atom is -0.324 e. The molecule has 0 N–H and O–H groups in total. The molecule has 1 rings (SSSR count). The van der Waals surface area contributed by atoms with E-state index in [0.29, 0.717) is 0 Å². The van der Waals surface area contributed by atoms with E-state index in [1.165, 1.54) is 10.5 Å². The van der Waals surface area contributed by atoms with Crippen molar-refractivity contribution in [1.29, 1.82) is 0 Å². The molecule has 3 heteroatoms. The van der Waals surface area contributed by atoms with Gasteiger partial charge in [-0.2, -0.15) is 0 Å². The van der Waals surface area contributed by atoms with E-state index in [0.717, 1.165) is 18.3 Å². The summed E-state index contributed by atoms with van der Waals surface area (Å²) in [6.45, 7) is 5.83. The normalized spacial score (nSPS) is 11.7. The third-order valence-electron chi connectivity index (χ3n) is 2.13. The Balaban J connectivity index is 2.26. The van der Waals surface area contributed by atoms with Gasteiger partial charge in [-0.1, -0.05) is 17.7 Å². The molecule has 0 saturated heterocycles. The van der Waals surface area contributed by atoms with Crippen LogP contribution < -0.4 is 0 Å². The van der Waals surface area contributed by atoms with Gasteiger partial charge in [0.25, 0.3) is 0 Å². The highest BCUT2D eigenvalue weighted by Crippen LogP contribution is 2.37. The van der Waals surface area contributed by atoms with Gasteiger partial charge in [0.05, 0.1) is 7.14 Å². The van der Waals surface area contributed by atoms with Gasteiger partial charge >= 0.3 is 0 Å². The molecular weight excluding hydrogens is 223 g/mol. The molecule has 1 nitrogen and oxygen atoms in total. The highest BCUT2D eigenvalue weighted by Gasteiger charge is 2.05. The fourth-order valence-electron chi connectivity index (χ4n) is 1.27. The Morgan fingerprint density at radius 3 is 2.33 bits per heavy atom. The number of rotatable bonds is 5. The maximum absolute atomic E-state index is 11.5. The van der Waals surface area contributed by atoms with Gasteiger partial charge in [-0.3, -0.25) is 0 Å². The molecule has 0 fully saturated rings. The van der Waals surface area contributed by atoms with Crippen LogP contribution in [0.4, 0.5) is 0 Å². The Morgan fingerprint density at radius 2 is 1.80 bits per heavy atom. The highest BCUT2D eigenvalue weighted by atomic mass is 32.2. The first-order valence-electron chi connectivity index (χ1n) is 5.21. The SMILES string of the molecule is Cc1ccc(SCCCP(C)(C)=O)cc1. The molecule has 0 unspecified atom stereocenters. The summed E-state index contributed by atoms with van der Waals surface area (Å²) in [6, 6.07) is 8.56. The Bertz CT molecular complexity index is 339. The maximum atomic E-state index is 11.5. The predicted octanol–water partition coefficient (Wildman–Crippen LogP) is 4.10. The first kappa shape index (κ1) is 12.9. The summed E-state index contributed by atoms with van der Waals surface area (Å²) in [5, 5.41) is 0. The number of aryl methyl sites for hydroxylation is 1. The highest BCUT2D eigenvalue weighted by molar-refractivity contribution is 7.99. The minimum atomic E-state index is -1.81. The first-order valence-corrected chi connectivity index (χ1v) is 8.98. The van der Waals surface area contributed by atoms with Gasteiger partial charge < -0.3 is 4.57 Å². The Kier molecular flexibility index (Phi) is 4.95. The van der Waals surface area contributed by atoms with Crippen molar-refractivity contribution in [3.63, 3.8) is 0 Å². The summed E-state index contributed by atoms with van der Waals surface area (Å²) in [7, 11) is -1.81. The van der Waals surface area contributed by atoms with Crippen LogP contribution >= 0.6 is 18.9 Å². The van der Waals surface area contributed by atoms with Crippen LogP contribution in [-0.4, -0.2) is 25.2 Å². The smallest absolute Gasteiger partial charge is 0.0819 e. The molecule has 15 heavy (non-hydrogen) atoms. The van der Waals surface area contributed by atoms with Crippen molar-refractivity contribution in [2.45, 2.75) is 18.2 Å². The molecule has 1 aromatic carbocycles. The van der Waals surface area contributed by atoms with Crippen molar-refractivity contribution in [1.82, 2.24) is 0 Å². The van der Waals surface area contributed by atoms with E-state index in [1.54, 1.807) is 0 Å². The average molecular weight is 242 g/mol. The second-order valence-electron chi connectivity index (χ2n) is 4.31. The fourth-order valence-corrected chi connectivity index (χ4v) is 3.26. The van der Waals surface area contributed by atoms with Gasteiger partial charge in [-0.25, -0.2) is 0 Å². The van der Waals surface area contributed by atoms with Crippen molar-refractivity contribution in [2.75, 3.05) is 25.2 Å². The van der Waals surface area contributed by atoms with E-state index < -0.39 is 7.14 Å². The summed E-state index contributed by atoms with van der Waals surface area (Å²) < 4.78 is 11.5. The molecule has 0 saturated carbocycles. The molecule has 1 aromatic rings. The molecule has 0 atom stereocenters. The molecule has 0 bridgehead atoms. The molecule has 0 amide bonds. The Hall–Kier alpha value is -0.200. The number of thioether (sulfide) groups is 1. The quantitative estimate of drug-likeness (QED) is 0.439. The lowest BCUT2D eigenvalue weighted by Crippen LogP contribution is -1.89. The molecule has 0 aliphatic heterocycles. The average Bonchev–Trinajstić information content (AvgIpc) is 2.14. The summed E-state index contributed by atoms with van der Waals surface area (Å²) in [5.41, 5.74) is 1.30. The van der Waals surface area contributed by atoms with Crippen LogP contribution in [0, 0.1) is 6.92 Å². The van der Waals surface area contributed by atoms with Crippen LogP contribution in [0.25, 0.3) is 0 Å². The van der Waals surface area contributed by atoms with Crippen LogP contribution in [0.5, 0.6) is 0 Å². The van der Waals surface area contributed by atoms with E-state index >= 15 is 0 Å². The Morgan fingerprint density at radius 1 is 1.20 bits per heavy atom.